The lowest BCUT2D eigenvalue weighted by Gasteiger charge is -2.31. The molecule has 0 atom stereocenters. The Labute approximate surface area is 140 Å². The third-order valence-corrected chi connectivity index (χ3v) is 3.90. The number of halogens is 2. The van der Waals surface area contributed by atoms with Crippen molar-refractivity contribution in [1.82, 2.24) is 15.1 Å². The van der Waals surface area contributed by atoms with Gasteiger partial charge < -0.3 is 19.7 Å². The summed E-state index contributed by atoms with van der Waals surface area (Å²) in [7, 11) is 3.44. The Hall–Kier alpha value is -1.93. The molecule has 1 N–H and O–H groups in total. The maximum absolute atomic E-state index is 12.3. The van der Waals surface area contributed by atoms with Crippen molar-refractivity contribution >= 4 is 5.91 Å². The molecule has 1 heterocycles. The Morgan fingerprint density at radius 3 is 2.58 bits per heavy atom. The van der Waals surface area contributed by atoms with Gasteiger partial charge in [0.15, 0.2) is 11.5 Å². The van der Waals surface area contributed by atoms with Gasteiger partial charge in [0.25, 0.3) is 0 Å². The number of hydrogen-bond donors (Lipinski definition) is 1. The molecule has 6 nitrogen and oxygen atoms in total. The lowest BCUT2D eigenvalue weighted by atomic mass is 10.2. The molecule has 0 saturated carbocycles. The molecule has 1 fully saturated rings. The van der Waals surface area contributed by atoms with Gasteiger partial charge in [-0.1, -0.05) is 6.07 Å². The third kappa shape index (κ3) is 5.61. The van der Waals surface area contributed by atoms with Crippen LogP contribution in [0.2, 0.25) is 0 Å². The van der Waals surface area contributed by atoms with Gasteiger partial charge in [0, 0.05) is 32.7 Å². The molecule has 0 aliphatic carbocycles. The number of nitrogens with zero attached hydrogens (tertiary/aromatic N) is 2. The van der Waals surface area contributed by atoms with Gasteiger partial charge in [-0.15, -0.1) is 0 Å². The second-order valence-corrected chi connectivity index (χ2v) is 5.72. The molecule has 8 heteroatoms. The van der Waals surface area contributed by atoms with Crippen LogP contribution < -0.4 is 14.8 Å². The minimum Gasteiger partial charge on any atom is -0.493 e. The zero-order valence-electron chi connectivity index (χ0n) is 13.9. The number of alkyl halides is 2. The van der Waals surface area contributed by atoms with Crippen LogP contribution in [0.5, 0.6) is 11.5 Å². The number of piperazine rings is 1. The van der Waals surface area contributed by atoms with Crippen molar-refractivity contribution < 1.29 is 23.0 Å². The van der Waals surface area contributed by atoms with E-state index >= 15 is 0 Å². The smallest absolute Gasteiger partial charge is 0.387 e. The molecule has 134 valence electrons. The number of nitrogens with one attached hydrogen (secondary N) is 1. The molecule has 1 amide bonds. The summed E-state index contributed by atoms with van der Waals surface area (Å²) in [5, 5.41) is 2.83. The topological polar surface area (TPSA) is 54.0 Å². The third-order valence-electron chi connectivity index (χ3n) is 3.90. The van der Waals surface area contributed by atoms with Crippen LogP contribution in [0.3, 0.4) is 0 Å². The van der Waals surface area contributed by atoms with Gasteiger partial charge in [-0.25, -0.2) is 0 Å². The van der Waals surface area contributed by atoms with E-state index in [0.717, 1.165) is 31.7 Å². The van der Waals surface area contributed by atoms with E-state index in [1.54, 1.807) is 12.1 Å². The first-order valence-electron chi connectivity index (χ1n) is 7.77. The van der Waals surface area contributed by atoms with Crippen LogP contribution in [-0.4, -0.2) is 69.2 Å². The number of amides is 1. The van der Waals surface area contributed by atoms with Gasteiger partial charge in [-0.2, -0.15) is 8.78 Å². The first kappa shape index (κ1) is 18.4. The molecule has 0 unspecified atom stereocenters. The molecular weight excluding hydrogens is 320 g/mol. The average Bonchev–Trinajstić information content (AvgIpc) is 2.55. The minimum atomic E-state index is -2.91. The minimum absolute atomic E-state index is 0.0278. The van der Waals surface area contributed by atoms with Crippen LogP contribution in [0.1, 0.15) is 5.56 Å². The average molecular weight is 343 g/mol. The lowest BCUT2D eigenvalue weighted by molar-refractivity contribution is -0.122. The summed E-state index contributed by atoms with van der Waals surface area (Å²) in [6.07, 6.45) is 0. The van der Waals surface area contributed by atoms with Gasteiger partial charge in [-0.05, 0) is 24.7 Å². The fourth-order valence-electron chi connectivity index (χ4n) is 2.48. The number of methoxy groups -OCH3 is 1. The second kappa shape index (κ2) is 8.79. The zero-order valence-corrected chi connectivity index (χ0v) is 13.9. The highest BCUT2D eigenvalue weighted by molar-refractivity contribution is 5.78. The number of rotatable bonds is 7. The van der Waals surface area contributed by atoms with Gasteiger partial charge in [0.05, 0.1) is 13.7 Å². The Balaban J connectivity index is 1.83. The van der Waals surface area contributed by atoms with E-state index in [1.165, 1.54) is 13.2 Å². The van der Waals surface area contributed by atoms with Crippen molar-refractivity contribution in [3.63, 3.8) is 0 Å². The molecule has 1 aromatic rings. The van der Waals surface area contributed by atoms with E-state index in [9.17, 15) is 13.6 Å². The Morgan fingerprint density at radius 2 is 1.96 bits per heavy atom. The SMILES string of the molecule is COc1cc(CNC(=O)CN2CCN(C)CC2)ccc1OC(F)F. The van der Waals surface area contributed by atoms with Gasteiger partial charge in [0.2, 0.25) is 5.91 Å². The monoisotopic (exact) mass is 343 g/mol. The van der Waals surface area contributed by atoms with E-state index in [2.05, 4.69) is 26.9 Å². The standard InChI is InChI=1S/C16H23F2N3O3/c1-20-5-7-21(8-6-20)11-15(22)19-10-12-3-4-13(24-16(17)18)14(9-12)23-2/h3-4,9,16H,5-8,10-11H2,1-2H3,(H,19,22). The van der Waals surface area contributed by atoms with Gasteiger partial charge >= 0.3 is 6.61 Å². The van der Waals surface area contributed by atoms with Crippen molar-refractivity contribution in [2.24, 2.45) is 0 Å². The highest BCUT2D eigenvalue weighted by atomic mass is 19.3. The van der Waals surface area contributed by atoms with Crippen molar-refractivity contribution in [3.05, 3.63) is 23.8 Å². The van der Waals surface area contributed by atoms with E-state index < -0.39 is 6.61 Å². The Kier molecular flexibility index (Phi) is 6.74. The highest BCUT2D eigenvalue weighted by Gasteiger charge is 2.16. The fourth-order valence-corrected chi connectivity index (χ4v) is 2.48. The first-order chi connectivity index (χ1) is 11.5. The molecule has 0 aromatic heterocycles. The predicted molar refractivity (Wildman–Crippen MR) is 85.4 cm³/mol. The van der Waals surface area contributed by atoms with Crippen LogP contribution in [0.15, 0.2) is 18.2 Å². The number of ether oxygens (including phenoxy) is 2. The largest absolute Gasteiger partial charge is 0.493 e. The van der Waals surface area contributed by atoms with E-state index in [4.69, 9.17) is 4.74 Å². The first-order valence-corrected chi connectivity index (χ1v) is 7.77. The number of carbonyl (C=O) groups excluding carboxylic acids is 1. The Bertz CT molecular complexity index is 549. The summed E-state index contributed by atoms with van der Waals surface area (Å²) in [5.74, 6) is 0.118. The van der Waals surface area contributed by atoms with Crippen molar-refractivity contribution in [2.75, 3.05) is 46.9 Å². The van der Waals surface area contributed by atoms with Crippen LogP contribution in [0, 0.1) is 0 Å². The molecule has 24 heavy (non-hydrogen) atoms. The quantitative estimate of drug-likeness (QED) is 0.805. The molecule has 1 aliphatic rings. The normalized spacial score (nSPS) is 16.2. The number of likely N-dealkylation sites (N-methyl/N-ethyl adjacent to an activating group) is 1. The fraction of sp³-hybridized carbons (Fsp3) is 0.562. The van der Waals surface area contributed by atoms with Crippen molar-refractivity contribution in [1.29, 1.82) is 0 Å². The summed E-state index contributed by atoms with van der Waals surface area (Å²) < 4.78 is 34.0. The van der Waals surface area contributed by atoms with Crippen LogP contribution in [0.25, 0.3) is 0 Å². The second-order valence-electron chi connectivity index (χ2n) is 5.72. The predicted octanol–water partition coefficient (Wildman–Crippen LogP) is 1.16. The van der Waals surface area contributed by atoms with Crippen molar-refractivity contribution in [2.45, 2.75) is 13.2 Å². The maximum atomic E-state index is 12.3. The van der Waals surface area contributed by atoms with E-state index in [0.29, 0.717) is 13.1 Å². The van der Waals surface area contributed by atoms with Gasteiger partial charge in [-0.3, -0.25) is 9.69 Å². The summed E-state index contributed by atoms with van der Waals surface area (Å²) in [6.45, 7) is 1.41. The maximum Gasteiger partial charge on any atom is 0.387 e. The molecule has 1 aliphatic heterocycles. The number of hydrogen-bond acceptors (Lipinski definition) is 5. The summed E-state index contributed by atoms with van der Waals surface area (Å²) in [4.78, 5) is 16.3. The van der Waals surface area contributed by atoms with E-state index in [1.807, 2.05) is 0 Å². The highest BCUT2D eigenvalue weighted by Crippen LogP contribution is 2.29. The Morgan fingerprint density at radius 1 is 1.25 bits per heavy atom. The van der Waals surface area contributed by atoms with Crippen LogP contribution in [-0.2, 0) is 11.3 Å². The van der Waals surface area contributed by atoms with Crippen molar-refractivity contribution in [3.8, 4) is 11.5 Å². The molecule has 2 rings (SSSR count). The zero-order chi connectivity index (χ0) is 17.5. The molecule has 1 aromatic carbocycles. The lowest BCUT2D eigenvalue weighted by Crippen LogP contribution is -2.48. The molecular formula is C16H23F2N3O3. The molecule has 1 saturated heterocycles. The summed E-state index contributed by atoms with van der Waals surface area (Å²) in [6, 6.07) is 4.61. The molecule has 0 spiro atoms. The summed E-state index contributed by atoms with van der Waals surface area (Å²) >= 11 is 0. The van der Waals surface area contributed by atoms with Crippen LogP contribution >= 0.6 is 0 Å². The summed E-state index contributed by atoms with van der Waals surface area (Å²) in [5.41, 5.74) is 0.750. The molecule has 0 radical (unpaired) electrons. The van der Waals surface area contributed by atoms with Crippen LogP contribution in [0.4, 0.5) is 8.78 Å². The number of carbonyl (C=O) groups is 1. The van der Waals surface area contributed by atoms with E-state index in [-0.39, 0.29) is 17.4 Å². The van der Waals surface area contributed by atoms with Gasteiger partial charge in [0.1, 0.15) is 0 Å². The molecule has 0 bridgehead atoms. The number of benzene rings is 1.